The van der Waals surface area contributed by atoms with E-state index >= 15 is 0 Å². The number of fused-ring (bicyclic) bond motifs is 1. The molecular weight excluding hydrogens is 290 g/mol. The zero-order chi connectivity index (χ0) is 15.4. The highest BCUT2D eigenvalue weighted by molar-refractivity contribution is 7.16. The topological polar surface area (TPSA) is 73.6 Å². The van der Waals surface area contributed by atoms with Crippen LogP contribution in [-0.4, -0.2) is 20.6 Å². The van der Waals surface area contributed by atoms with Crippen LogP contribution in [-0.2, 0) is 22.6 Å². The van der Waals surface area contributed by atoms with Gasteiger partial charge in [-0.15, -0.1) is 0 Å². The smallest absolute Gasteiger partial charge is 0.309 e. The molecule has 0 saturated carbocycles. The van der Waals surface area contributed by atoms with E-state index in [0.717, 1.165) is 24.3 Å². The zero-order valence-corrected chi connectivity index (χ0v) is 13.3. The van der Waals surface area contributed by atoms with E-state index in [-0.39, 0.29) is 24.1 Å². The van der Waals surface area contributed by atoms with Gasteiger partial charge in [-0.2, -0.15) is 9.61 Å². The van der Waals surface area contributed by atoms with Crippen molar-refractivity contribution in [2.75, 3.05) is 0 Å². The summed E-state index contributed by atoms with van der Waals surface area (Å²) in [6.45, 7) is 5.91. The zero-order valence-electron chi connectivity index (χ0n) is 12.5. The summed E-state index contributed by atoms with van der Waals surface area (Å²) >= 11 is 1.38. The summed E-state index contributed by atoms with van der Waals surface area (Å²) in [7, 11) is 0. The number of carbonyl (C=O) groups excluding carboxylic acids is 1. The Balaban J connectivity index is 2.16. The highest BCUT2D eigenvalue weighted by Crippen LogP contribution is 2.13. The second kappa shape index (κ2) is 6.80. The lowest BCUT2D eigenvalue weighted by molar-refractivity contribution is -0.150. The SMILES string of the molecule is CCc1nn2c(=O)cc(COC(=O)C(CC)CC)nc2s1. The van der Waals surface area contributed by atoms with Crippen LogP contribution in [0.2, 0.25) is 0 Å². The average Bonchev–Trinajstić information content (AvgIpc) is 2.90. The molecule has 21 heavy (non-hydrogen) atoms. The summed E-state index contributed by atoms with van der Waals surface area (Å²) in [6.07, 6.45) is 2.25. The molecule has 0 bridgehead atoms. The molecular formula is C14H19N3O3S. The van der Waals surface area contributed by atoms with Gasteiger partial charge in [-0.05, 0) is 19.3 Å². The maximum atomic E-state index is 11.9. The van der Waals surface area contributed by atoms with Crippen LogP contribution in [0.1, 0.15) is 44.3 Å². The van der Waals surface area contributed by atoms with E-state index in [1.165, 1.54) is 21.9 Å². The van der Waals surface area contributed by atoms with Crippen LogP contribution >= 0.6 is 11.3 Å². The van der Waals surface area contributed by atoms with Gasteiger partial charge in [0.05, 0.1) is 11.6 Å². The predicted octanol–water partition coefficient (Wildman–Crippen LogP) is 2.19. The summed E-state index contributed by atoms with van der Waals surface area (Å²) in [5.74, 6) is -0.328. The molecule has 0 spiro atoms. The van der Waals surface area contributed by atoms with E-state index < -0.39 is 0 Å². The number of hydrogen-bond donors (Lipinski definition) is 0. The minimum atomic E-state index is -0.246. The van der Waals surface area contributed by atoms with Crippen molar-refractivity contribution >= 4 is 22.3 Å². The number of aryl methyl sites for hydroxylation is 1. The van der Waals surface area contributed by atoms with Crippen molar-refractivity contribution in [1.29, 1.82) is 0 Å². The summed E-state index contributed by atoms with van der Waals surface area (Å²) < 4.78 is 6.53. The lowest BCUT2D eigenvalue weighted by Gasteiger charge is -2.11. The van der Waals surface area contributed by atoms with Gasteiger partial charge in [0, 0.05) is 6.07 Å². The molecule has 2 heterocycles. The first-order chi connectivity index (χ1) is 10.1. The molecule has 0 aliphatic carbocycles. The molecule has 0 amide bonds. The summed E-state index contributed by atoms with van der Waals surface area (Å²) in [5, 5.41) is 5.03. The Bertz CT molecular complexity index is 688. The lowest BCUT2D eigenvalue weighted by Crippen LogP contribution is -2.19. The first-order valence-corrected chi connectivity index (χ1v) is 7.95. The molecule has 6 nitrogen and oxygen atoms in total. The molecule has 7 heteroatoms. The van der Waals surface area contributed by atoms with Crippen LogP contribution in [0, 0.1) is 5.92 Å². The van der Waals surface area contributed by atoms with Gasteiger partial charge in [-0.3, -0.25) is 9.59 Å². The van der Waals surface area contributed by atoms with Crippen molar-refractivity contribution in [1.82, 2.24) is 14.6 Å². The summed E-state index contributed by atoms with van der Waals surface area (Å²) in [5.41, 5.74) is 0.218. The molecule has 114 valence electrons. The lowest BCUT2D eigenvalue weighted by atomic mass is 10.0. The number of ether oxygens (including phenoxy) is 1. The maximum Gasteiger partial charge on any atom is 0.309 e. The van der Waals surface area contributed by atoms with Gasteiger partial charge in [-0.25, -0.2) is 4.98 Å². The molecule has 2 aromatic heterocycles. The number of hydrogen-bond acceptors (Lipinski definition) is 6. The second-order valence-corrected chi connectivity index (χ2v) is 5.79. The monoisotopic (exact) mass is 309 g/mol. The minimum absolute atomic E-state index is 0.0282. The van der Waals surface area contributed by atoms with Crippen molar-refractivity contribution in [3.05, 3.63) is 27.1 Å². The number of esters is 1. The fourth-order valence-corrected chi connectivity index (χ4v) is 2.86. The second-order valence-electron chi connectivity index (χ2n) is 4.75. The van der Waals surface area contributed by atoms with E-state index in [2.05, 4.69) is 10.1 Å². The molecule has 2 rings (SSSR count). The van der Waals surface area contributed by atoms with Crippen LogP contribution in [0.5, 0.6) is 0 Å². The van der Waals surface area contributed by atoms with E-state index in [1.807, 2.05) is 20.8 Å². The quantitative estimate of drug-likeness (QED) is 0.765. The van der Waals surface area contributed by atoms with E-state index in [4.69, 9.17) is 4.74 Å². The van der Waals surface area contributed by atoms with Crippen molar-refractivity contribution in [3.8, 4) is 0 Å². The highest BCUT2D eigenvalue weighted by Gasteiger charge is 2.16. The molecule has 0 aromatic carbocycles. The molecule has 0 atom stereocenters. The normalized spacial score (nSPS) is 11.2. The Morgan fingerprint density at radius 2 is 2.10 bits per heavy atom. The molecule has 0 aliphatic heterocycles. The van der Waals surface area contributed by atoms with Crippen molar-refractivity contribution in [3.63, 3.8) is 0 Å². The maximum absolute atomic E-state index is 11.9. The molecule has 0 aliphatic rings. The minimum Gasteiger partial charge on any atom is -0.459 e. The number of rotatable bonds is 6. The van der Waals surface area contributed by atoms with E-state index in [9.17, 15) is 9.59 Å². The Hall–Kier alpha value is -1.76. The van der Waals surface area contributed by atoms with Crippen LogP contribution < -0.4 is 5.56 Å². The van der Waals surface area contributed by atoms with Gasteiger partial charge in [-0.1, -0.05) is 32.1 Å². The third kappa shape index (κ3) is 3.47. The van der Waals surface area contributed by atoms with Gasteiger partial charge < -0.3 is 4.74 Å². The average molecular weight is 309 g/mol. The van der Waals surface area contributed by atoms with Gasteiger partial charge in [0.25, 0.3) is 5.56 Å². The number of aromatic nitrogens is 3. The van der Waals surface area contributed by atoms with Crippen LogP contribution in [0.4, 0.5) is 0 Å². The fourth-order valence-electron chi connectivity index (χ4n) is 2.00. The van der Waals surface area contributed by atoms with E-state index in [0.29, 0.717) is 10.7 Å². The third-order valence-corrected chi connectivity index (χ3v) is 4.38. The van der Waals surface area contributed by atoms with E-state index in [1.54, 1.807) is 0 Å². The highest BCUT2D eigenvalue weighted by atomic mass is 32.1. The summed E-state index contributed by atoms with van der Waals surface area (Å²) in [6, 6.07) is 1.37. The van der Waals surface area contributed by atoms with Crippen LogP contribution in [0.3, 0.4) is 0 Å². The molecule has 0 N–H and O–H groups in total. The molecule has 0 unspecified atom stereocenters. The Kier molecular flexibility index (Phi) is 5.06. The van der Waals surface area contributed by atoms with Gasteiger partial charge >= 0.3 is 5.97 Å². The van der Waals surface area contributed by atoms with Crippen molar-refractivity contribution < 1.29 is 9.53 Å². The molecule has 0 saturated heterocycles. The van der Waals surface area contributed by atoms with Crippen LogP contribution in [0.25, 0.3) is 4.96 Å². The van der Waals surface area contributed by atoms with Crippen molar-refractivity contribution in [2.45, 2.75) is 46.6 Å². The first-order valence-electron chi connectivity index (χ1n) is 7.14. The number of carbonyl (C=O) groups is 1. The predicted molar refractivity (Wildman–Crippen MR) is 80.4 cm³/mol. The van der Waals surface area contributed by atoms with Gasteiger partial charge in [0.15, 0.2) is 0 Å². The van der Waals surface area contributed by atoms with Gasteiger partial charge in [0.2, 0.25) is 4.96 Å². The van der Waals surface area contributed by atoms with Crippen LogP contribution in [0.15, 0.2) is 10.9 Å². The Morgan fingerprint density at radius 1 is 1.38 bits per heavy atom. The standard InChI is InChI=1S/C14H19N3O3S/c1-4-9(5-2)13(19)20-8-10-7-12(18)17-14(15-10)21-11(6-3)16-17/h7,9H,4-6,8H2,1-3H3. The molecule has 0 radical (unpaired) electrons. The molecule has 0 fully saturated rings. The Morgan fingerprint density at radius 3 is 2.71 bits per heavy atom. The third-order valence-electron chi connectivity index (χ3n) is 3.32. The first kappa shape index (κ1) is 15.6. The number of nitrogens with zero attached hydrogens (tertiary/aromatic N) is 3. The van der Waals surface area contributed by atoms with Crippen molar-refractivity contribution in [2.24, 2.45) is 5.92 Å². The largest absolute Gasteiger partial charge is 0.459 e. The molecule has 2 aromatic rings. The Labute approximate surface area is 126 Å². The summed E-state index contributed by atoms with van der Waals surface area (Å²) in [4.78, 5) is 28.6. The van der Waals surface area contributed by atoms with Gasteiger partial charge in [0.1, 0.15) is 11.6 Å². The fraction of sp³-hybridized carbons (Fsp3) is 0.571.